The molecule has 0 saturated carbocycles. The van der Waals surface area contributed by atoms with Crippen molar-refractivity contribution in [1.29, 1.82) is 0 Å². The van der Waals surface area contributed by atoms with Crippen LogP contribution in [0.25, 0.3) is 0 Å². The van der Waals surface area contributed by atoms with Crippen molar-refractivity contribution in [2.75, 3.05) is 7.11 Å². The van der Waals surface area contributed by atoms with Gasteiger partial charge in [-0.25, -0.2) is 13.1 Å². The summed E-state index contributed by atoms with van der Waals surface area (Å²) in [5.74, 6) is -1.31. The lowest BCUT2D eigenvalue weighted by Crippen LogP contribution is -2.30. The summed E-state index contributed by atoms with van der Waals surface area (Å²) in [6.07, 6.45) is 1.08. The van der Waals surface area contributed by atoms with Crippen molar-refractivity contribution in [1.82, 2.24) is 9.29 Å². The number of nitrogens with two attached hydrogens (primary N) is 1. The summed E-state index contributed by atoms with van der Waals surface area (Å²) in [5.41, 5.74) is 5.86. The van der Waals surface area contributed by atoms with Crippen LogP contribution in [0.1, 0.15) is 28.5 Å². The van der Waals surface area contributed by atoms with Gasteiger partial charge in [0.15, 0.2) is 0 Å². The van der Waals surface area contributed by atoms with Crippen molar-refractivity contribution in [3.8, 4) is 0 Å². The van der Waals surface area contributed by atoms with Gasteiger partial charge >= 0.3 is 5.97 Å². The molecule has 10 heteroatoms. The first kappa shape index (κ1) is 20.1. The summed E-state index contributed by atoms with van der Waals surface area (Å²) in [6, 6.07) is 7.24. The van der Waals surface area contributed by atoms with Gasteiger partial charge in [0.1, 0.15) is 10.6 Å². The first-order valence-corrected chi connectivity index (χ1v) is 9.72. The number of benzene rings is 1. The third-order valence-corrected chi connectivity index (χ3v) is 5.62. The molecule has 0 bridgehead atoms. The summed E-state index contributed by atoms with van der Waals surface area (Å²) >= 11 is 3.32. The fraction of sp³-hybridized carbons (Fsp3) is 0.250. The van der Waals surface area contributed by atoms with Crippen LogP contribution in [0, 0.1) is 0 Å². The first-order valence-electron chi connectivity index (χ1n) is 7.45. The molecule has 26 heavy (non-hydrogen) atoms. The van der Waals surface area contributed by atoms with Gasteiger partial charge < -0.3 is 15.0 Å². The molecule has 1 aromatic heterocycles. The number of carbonyl (C=O) groups excluding carboxylic acids is 2. The molecule has 1 aromatic carbocycles. The first-order chi connectivity index (χ1) is 12.1. The van der Waals surface area contributed by atoms with Crippen molar-refractivity contribution in [2.45, 2.75) is 17.4 Å². The Morgan fingerprint density at radius 2 is 2.04 bits per heavy atom. The lowest BCUT2D eigenvalue weighted by Gasteiger charge is -2.18. The summed E-state index contributed by atoms with van der Waals surface area (Å²) in [7, 11) is -1.27. The molecular weight excluding hydrogens is 426 g/mol. The van der Waals surface area contributed by atoms with E-state index in [4.69, 9.17) is 5.73 Å². The van der Waals surface area contributed by atoms with Gasteiger partial charge in [0.2, 0.25) is 10.0 Å². The second-order valence-corrected chi connectivity index (χ2v) is 8.17. The Balaban J connectivity index is 2.38. The lowest BCUT2D eigenvalue weighted by atomic mass is 10.1. The summed E-state index contributed by atoms with van der Waals surface area (Å²) < 4.78 is 34.6. The molecule has 1 heterocycles. The van der Waals surface area contributed by atoms with Crippen LogP contribution >= 0.6 is 15.9 Å². The standard InChI is InChI=1S/C16H18BrN3O5S/c1-20-9-12(7-14(20)16(18)22)26(23,24)19-13(8-15(21)25-2)10-4-3-5-11(17)6-10/h3-7,9,13,19H,8H2,1-2H3,(H2,18,22). The summed E-state index contributed by atoms with van der Waals surface area (Å²) in [5, 5.41) is 0. The molecule has 8 nitrogen and oxygen atoms in total. The van der Waals surface area contributed by atoms with Gasteiger partial charge in [0, 0.05) is 17.7 Å². The van der Waals surface area contributed by atoms with Crippen LogP contribution in [0.5, 0.6) is 0 Å². The van der Waals surface area contributed by atoms with Crippen LogP contribution in [0.15, 0.2) is 45.9 Å². The number of carbonyl (C=O) groups is 2. The van der Waals surface area contributed by atoms with E-state index >= 15 is 0 Å². The molecule has 1 unspecified atom stereocenters. The number of aromatic nitrogens is 1. The number of amides is 1. The van der Waals surface area contributed by atoms with E-state index in [9.17, 15) is 18.0 Å². The van der Waals surface area contributed by atoms with E-state index in [1.165, 1.54) is 31.0 Å². The molecule has 0 radical (unpaired) electrons. The minimum Gasteiger partial charge on any atom is -0.469 e. The lowest BCUT2D eigenvalue weighted by molar-refractivity contribution is -0.141. The normalized spacial score (nSPS) is 12.6. The van der Waals surface area contributed by atoms with E-state index in [1.807, 2.05) is 0 Å². The molecule has 3 N–H and O–H groups in total. The van der Waals surface area contributed by atoms with E-state index in [1.54, 1.807) is 24.3 Å². The molecular formula is C16H18BrN3O5S. The monoisotopic (exact) mass is 443 g/mol. The molecule has 1 amide bonds. The Hall–Kier alpha value is -2.17. The SMILES string of the molecule is COC(=O)CC(NS(=O)(=O)c1cc(C(N)=O)n(C)c1)c1cccc(Br)c1. The minimum atomic E-state index is -4.01. The maximum atomic E-state index is 12.7. The average molecular weight is 444 g/mol. The smallest absolute Gasteiger partial charge is 0.307 e. The summed E-state index contributed by atoms with van der Waals surface area (Å²) in [4.78, 5) is 22.9. The van der Waals surface area contributed by atoms with E-state index in [-0.39, 0.29) is 17.0 Å². The molecule has 1 atom stereocenters. The minimum absolute atomic E-state index is 0.0531. The van der Waals surface area contributed by atoms with E-state index < -0.39 is 27.9 Å². The molecule has 0 aliphatic heterocycles. The Bertz CT molecular complexity index is 939. The van der Waals surface area contributed by atoms with Crippen LogP contribution in [-0.2, 0) is 26.6 Å². The Morgan fingerprint density at radius 3 is 2.58 bits per heavy atom. The van der Waals surface area contributed by atoms with Gasteiger partial charge in [-0.3, -0.25) is 9.59 Å². The van der Waals surface area contributed by atoms with Crippen molar-refractivity contribution >= 4 is 37.8 Å². The Labute approximate surface area is 159 Å². The number of esters is 1. The molecule has 140 valence electrons. The number of ether oxygens (including phenoxy) is 1. The van der Waals surface area contributed by atoms with Crippen molar-refractivity contribution in [2.24, 2.45) is 12.8 Å². The zero-order valence-electron chi connectivity index (χ0n) is 14.1. The highest BCUT2D eigenvalue weighted by atomic mass is 79.9. The molecule has 2 aromatic rings. The van der Waals surface area contributed by atoms with Gasteiger partial charge in [-0.2, -0.15) is 0 Å². The maximum Gasteiger partial charge on any atom is 0.307 e. The van der Waals surface area contributed by atoms with Crippen molar-refractivity contribution in [3.63, 3.8) is 0 Å². The van der Waals surface area contributed by atoms with Crippen LogP contribution in [0.3, 0.4) is 0 Å². The number of methoxy groups -OCH3 is 1. The molecule has 0 fully saturated rings. The second kappa shape index (κ2) is 8.02. The zero-order chi connectivity index (χ0) is 19.5. The van der Waals surface area contributed by atoms with Gasteiger partial charge in [-0.15, -0.1) is 0 Å². The molecule has 0 saturated heterocycles. The number of hydrogen-bond acceptors (Lipinski definition) is 5. The Kier molecular flexibility index (Phi) is 6.21. The third-order valence-electron chi connectivity index (χ3n) is 3.69. The van der Waals surface area contributed by atoms with E-state index in [0.29, 0.717) is 5.56 Å². The highest BCUT2D eigenvalue weighted by molar-refractivity contribution is 9.10. The molecule has 0 spiro atoms. The number of sulfonamides is 1. The van der Waals surface area contributed by atoms with Gasteiger partial charge in [0.25, 0.3) is 5.91 Å². The predicted molar refractivity (Wildman–Crippen MR) is 97.8 cm³/mol. The highest BCUT2D eigenvalue weighted by Gasteiger charge is 2.26. The number of halogens is 1. The Morgan fingerprint density at radius 1 is 1.35 bits per heavy atom. The zero-order valence-corrected chi connectivity index (χ0v) is 16.5. The van der Waals surface area contributed by atoms with Crippen LogP contribution in [-0.4, -0.2) is 32.0 Å². The van der Waals surface area contributed by atoms with Crippen LogP contribution in [0.2, 0.25) is 0 Å². The number of hydrogen-bond donors (Lipinski definition) is 2. The van der Waals surface area contributed by atoms with Gasteiger partial charge in [-0.1, -0.05) is 28.1 Å². The topological polar surface area (TPSA) is 120 Å². The molecule has 0 aliphatic rings. The van der Waals surface area contributed by atoms with Crippen LogP contribution in [0.4, 0.5) is 0 Å². The maximum absolute atomic E-state index is 12.7. The fourth-order valence-corrected chi connectivity index (χ4v) is 4.09. The third kappa shape index (κ3) is 4.71. The molecule has 2 rings (SSSR count). The van der Waals surface area contributed by atoms with Crippen LogP contribution < -0.4 is 10.5 Å². The fourth-order valence-electron chi connectivity index (χ4n) is 2.38. The number of nitrogens with zero attached hydrogens (tertiary/aromatic N) is 1. The molecule has 0 aliphatic carbocycles. The quantitative estimate of drug-likeness (QED) is 0.627. The predicted octanol–water partition coefficient (Wildman–Crippen LogP) is 1.47. The number of primary amides is 1. The van der Waals surface area contributed by atoms with Crippen molar-refractivity contribution in [3.05, 3.63) is 52.3 Å². The summed E-state index contributed by atoms with van der Waals surface area (Å²) in [6.45, 7) is 0. The number of aryl methyl sites for hydroxylation is 1. The van der Waals surface area contributed by atoms with Gasteiger partial charge in [-0.05, 0) is 23.8 Å². The average Bonchev–Trinajstić information content (AvgIpc) is 2.97. The second-order valence-electron chi connectivity index (χ2n) is 5.55. The van der Waals surface area contributed by atoms with Crippen molar-refractivity contribution < 1.29 is 22.7 Å². The highest BCUT2D eigenvalue weighted by Crippen LogP contribution is 2.24. The largest absolute Gasteiger partial charge is 0.469 e. The van der Waals surface area contributed by atoms with Gasteiger partial charge in [0.05, 0.1) is 19.6 Å². The van der Waals surface area contributed by atoms with E-state index in [2.05, 4.69) is 25.4 Å². The van der Waals surface area contributed by atoms with E-state index in [0.717, 1.165) is 4.47 Å². The number of rotatable bonds is 7. The number of nitrogens with one attached hydrogen (secondary N) is 1.